The zero-order valence-electron chi connectivity index (χ0n) is 26.5. The monoisotopic (exact) mass is 651 g/mol. The van der Waals surface area contributed by atoms with E-state index in [1.165, 1.54) is 12.1 Å². The van der Waals surface area contributed by atoms with Gasteiger partial charge in [0.2, 0.25) is 5.88 Å². The van der Waals surface area contributed by atoms with Crippen molar-refractivity contribution in [2.24, 2.45) is 5.92 Å². The van der Waals surface area contributed by atoms with Crippen molar-refractivity contribution in [3.63, 3.8) is 0 Å². The molecule has 4 aromatic carbocycles. The first-order chi connectivity index (χ1) is 23.0. The van der Waals surface area contributed by atoms with Crippen LogP contribution in [0.15, 0.2) is 121 Å². The van der Waals surface area contributed by atoms with Gasteiger partial charge in [0.05, 0.1) is 23.5 Å². The maximum absolute atomic E-state index is 14.3. The van der Waals surface area contributed by atoms with Crippen LogP contribution in [0.3, 0.4) is 0 Å². The second-order valence-corrected chi connectivity index (χ2v) is 13.0. The normalized spacial score (nSPS) is 22.5. The highest BCUT2D eigenvalue weighted by atomic mass is 19.4. The lowest BCUT2D eigenvalue weighted by atomic mass is 9.63. The van der Waals surface area contributed by atoms with Crippen LogP contribution in [0.1, 0.15) is 39.4 Å². The zero-order valence-corrected chi connectivity index (χ0v) is 26.5. The summed E-state index contributed by atoms with van der Waals surface area (Å²) in [5, 5.41) is 38.0. The number of hydrogen-bond donors (Lipinski definition) is 3. The number of allylic oxidation sites excluding steroid dienone is 1. The maximum Gasteiger partial charge on any atom is 0.435 e. The molecule has 0 bridgehead atoms. The largest absolute Gasteiger partial charge is 0.493 e. The summed E-state index contributed by atoms with van der Waals surface area (Å²) >= 11 is 0. The van der Waals surface area contributed by atoms with Crippen molar-refractivity contribution in [2.45, 2.75) is 49.5 Å². The molecule has 246 valence electrons. The number of benzene rings is 4. The first-order valence-electron chi connectivity index (χ1n) is 16.0. The van der Waals surface area contributed by atoms with Crippen LogP contribution >= 0.6 is 0 Å². The van der Waals surface area contributed by atoms with Crippen molar-refractivity contribution in [3.05, 3.63) is 154 Å². The second kappa shape index (κ2) is 12.0. The summed E-state index contributed by atoms with van der Waals surface area (Å²) < 4.78 is 43.8. The Labute approximate surface area is 277 Å². The van der Waals surface area contributed by atoms with Crippen LogP contribution in [0.5, 0.6) is 5.88 Å². The number of para-hydroxylation sites is 1. The molecule has 9 heteroatoms. The predicted molar refractivity (Wildman–Crippen MR) is 178 cm³/mol. The number of halogens is 3. The second-order valence-electron chi connectivity index (χ2n) is 13.0. The summed E-state index contributed by atoms with van der Waals surface area (Å²) in [5.74, 6) is -3.07. The molecule has 0 spiro atoms. The van der Waals surface area contributed by atoms with Crippen LogP contribution in [0.25, 0.3) is 5.69 Å². The third-order valence-corrected chi connectivity index (χ3v) is 9.95. The SMILES string of the molecule is Cc1ccc2c(c1)C(Cc1ccccc1)(Cc1ccccc1)C(=CC1C(O)C(c3c(C(F)(F)F)nn(-c4ccccc4)c3O)C1O)N2C. The number of nitrogens with zero attached hydrogens (tertiary/aromatic N) is 3. The van der Waals surface area contributed by atoms with Gasteiger partial charge in [-0.15, -0.1) is 0 Å². The molecule has 0 radical (unpaired) electrons. The molecule has 1 aliphatic carbocycles. The minimum atomic E-state index is -4.93. The van der Waals surface area contributed by atoms with E-state index >= 15 is 0 Å². The lowest BCUT2D eigenvalue weighted by molar-refractivity contribution is -0.145. The minimum absolute atomic E-state index is 0.223. The molecule has 2 aliphatic rings. The van der Waals surface area contributed by atoms with Crippen molar-refractivity contribution in [1.82, 2.24) is 9.78 Å². The fourth-order valence-electron chi connectivity index (χ4n) is 7.65. The molecule has 6 nitrogen and oxygen atoms in total. The average molecular weight is 652 g/mol. The van der Waals surface area contributed by atoms with Crippen LogP contribution in [0, 0.1) is 12.8 Å². The van der Waals surface area contributed by atoms with Gasteiger partial charge in [0, 0.05) is 35.7 Å². The number of likely N-dealkylation sites (N-methyl/N-ethyl adjacent to an activating group) is 1. The van der Waals surface area contributed by atoms with Gasteiger partial charge < -0.3 is 20.2 Å². The number of aliphatic hydroxyl groups is 2. The third-order valence-electron chi connectivity index (χ3n) is 9.95. The van der Waals surface area contributed by atoms with Crippen molar-refractivity contribution in [1.29, 1.82) is 0 Å². The topological polar surface area (TPSA) is 81.8 Å². The smallest absolute Gasteiger partial charge is 0.435 e. The zero-order chi connectivity index (χ0) is 33.8. The van der Waals surface area contributed by atoms with Crippen molar-refractivity contribution >= 4 is 5.69 Å². The molecule has 1 fully saturated rings. The van der Waals surface area contributed by atoms with Gasteiger partial charge in [-0.05, 0) is 54.7 Å². The average Bonchev–Trinajstić information content (AvgIpc) is 3.52. The number of hydrogen-bond acceptors (Lipinski definition) is 5. The first-order valence-corrected chi connectivity index (χ1v) is 16.0. The van der Waals surface area contributed by atoms with Crippen LogP contribution in [0.4, 0.5) is 18.9 Å². The fourth-order valence-corrected chi connectivity index (χ4v) is 7.65. The lowest BCUT2D eigenvalue weighted by Gasteiger charge is -2.46. The number of anilines is 1. The van der Waals surface area contributed by atoms with Crippen molar-refractivity contribution < 1.29 is 28.5 Å². The first kappa shape index (κ1) is 31.7. The Kier molecular flexibility index (Phi) is 7.92. The molecular formula is C39H36F3N3O3. The summed E-state index contributed by atoms with van der Waals surface area (Å²) in [6.45, 7) is 2.04. The highest BCUT2D eigenvalue weighted by Gasteiger charge is 2.56. The van der Waals surface area contributed by atoms with E-state index in [-0.39, 0.29) is 5.69 Å². The predicted octanol–water partition coefficient (Wildman–Crippen LogP) is 7.10. The number of aromatic nitrogens is 2. The van der Waals surface area contributed by atoms with E-state index < -0.39 is 52.8 Å². The Morgan fingerprint density at radius 3 is 1.90 bits per heavy atom. The minimum Gasteiger partial charge on any atom is -0.493 e. The van der Waals surface area contributed by atoms with Crippen molar-refractivity contribution in [3.8, 4) is 11.6 Å². The maximum atomic E-state index is 14.3. The highest BCUT2D eigenvalue weighted by molar-refractivity contribution is 5.72. The molecule has 1 aromatic heterocycles. The van der Waals surface area contributed by atoms with E-state index in [2.05, 4.69) is 46.4 Å². The molecule has 3 N–H and O–H groups in total. The van der Waals surface area contributed by atoms with Gasteiger partial charge in [-0.3, -0.25) is 0 Å². The van der Waals surface area contributed by atoms with Gasteiger partial charge in [-0.25, -0.2) is 4.68 Å². The molecule has 2 unspecified atom stereocenters. The van der Waals surface area contributed by atoms with Crippen LogP contribution in [0.2, 0.25) is 0 Å². The summed E-state index contributed by atoms with van der Waals surface area (Å²) in [6, 6.07) is 34.5. The third kappa shape index (κ3) is 5.27. The van der Waals surface area contributed by atoms with Gasteiger partial charge in [-0.2, -0.15) is 18.3 Å². The summed E-state index contributed by atoms with van der Waals surface area (Å²) in [4.78, 5) is 2.07. The summed E-state index contributed by atoms with van der Waals surface area (Å²) in [6.07, 6.45) is -4.71. The standard InChI is InChI=1S/C39H36F3N3O3/c1-24-18-19-30-29(20-24)38(22-25-12-6-3-7-13-25,23-26-14-8-4-9-15-26)31(44(30)2)21-28-34(46)32(35(28)47)33-36(39(40,41)42)43-45(37(33)48)27-16-10-5-11-17-27/h3-21,28,32,34-35,46-48H,22-23H2,1-2H3. The van der Waals surface area contributed by atoms with Crippen LogP contribution < -0.4 is 4.90 Å². The number of fused-ring (bicyclic) bond motifs is 1. The van der Waals surface area contributed by atoms with Crippen molar-refractivity contribution in [2.75, 3.05) is 11.9 Å². The van der Waals surface area contributed by atoms with E-state index in [0.717, 1.165) is 38.3 Å². The number of aryl methyl sites for hydroxylation is 1. The Hall–Kier alpha value is -4.86. The number of rotatable bonds is 7. The number of aliphatic hydroxyl groups excluding tert-OH is 2. The van der Waals surface area contributed by atoms with Crippen LogP contribution in [-0.2, 0) is 24.4 Å². The van der Waals surface area contributed by atoms with Gasteiger partial charge in [0.15, 0.2) is 5.69 Å². The lowest BCUT2D eigenvalue weighted by Crippen LogP contribution is -2.53. The molecule has 1 aliphatic heterocycles. The van der Waals surface area contributed by atoms with Gasteiger partial charge >= 0.3 is 6.18 Å². The molecule has 48 heavy (non-hydrogen) atoms. The van der Waals surface area contributed by atoms with Gasteiger partial charge in [0.25, 0.3) is 0 Å². The molecule has 2 heterocycles. The Bertz CT molecular complexity index is 1910. The molecule has 0 saturated heterocycles. The summed E-state index contributed by atoms with van der Waals surface area (Å²) in [5.41, 5.74) is 3.87. The Morgan fingerprint density at radius 1 is 0.812 bits per heavy atom. The van der Waals surface area contributed by atoms with E-state index in [1.54, 1.807) is 18.2 Å². The molecule has 0 amide bonds. The molecular weight excluding hydrogens is 615 g/mol. The molecule has 1 saturated carbocycles. The molecule has 2 atom stereocenters. The number of aromatic hydroxyl groups is 1. The number of alkyl halides is 3. The quantitative estimate of drug-likeness (QED) is 0.175. The van der Waals surface area contributed by atoms with E-state index in [9.17, 15) is 28.5 Å². The fraction of sp³-hybridized carbons (Fsp3) is 0.256. The molecule has 5 aromatic rings. The van der Waals surface area contributed by atoms with Gasteiger partial charge in [0.1, 0.15) is 0 Å². The van der Waals surface area contributed by atoms with E-state index in [4.69, 9.17) is 0 Å². The highest BCUT2D eigenvalue weighted by Crippen LogP contribution is 2.55. The van der Waals surface area contributed by atoms with Gasteiger partial charge in [-0.1, -0.05) is 103 Å². The molecule has 7 rings (SSSR count). The Balaban J connectivity index is 1.34. The Morgan fingerprint density at radius 2 is 1.35 bits per heavy atom. The summed E-state index contributed by atoms with van der Waals surface area (Å²) in [7, 11) is 1.95. The van der Waals surface area contributed by atoms with E-state index in [1.807, 2.05) is 62.5 Å². The van der Waals surface area contributed by atoms with E-state index in [0.29, 0.717) is 12.8 Å². The van der Waals surface area contributed by atoms with Crippen LogP contribution in [-0.4, -0.2) is 44.4 Å².